The van der Waals surface area contributed by atoms with Crippen LogP contribution in [0, 0.1) is 0 Å². The summed E-state index contributed by atoms with van der Waals surface area (Å²) in [6, 6.07) is 8.08. The van der Waals surface area contributed by atoms with Crippen molar-refractivity contribution in [3.63, 3.8) is 0 Å². The van der Waals surface area contributed by atoms with Gasteiger partial charge in [0.15, 0.2) is 0 Å². The average molecular weight is 297 g/mol. The van der Waals surface area contributed by atoms with Crippen molar-refractivity contribution in [2.24, 2.45) is 0 Å². The number of nitrogens with one attached hydrogen (secondary N) is 2. The van der Waals surface area contributed by atoms with Gasteiger partial charge in [-0.1, -0.05) is 28.1 Å². The lowest BCUT2D eigenvalue weighted by atomic mass is 10.1. The minimum Gasteiger partial charge on any atom is -0.348 e. The quantitative estimate of drug-likeness (QED) is 0.899. The van der Waals surface area contributed by atoms with Crippen molar-refractivity contribution in [1.82, 2.24) is 10.6 Å². The maximum atomic E-state index is 11.9. The third-order valence-electron chi connectivity index (χ3n) is 3.11. The molecule has 2 rings (SSSR count). The molecule has 0 bridgehead atoms. The summed E-state index contributed by atoms with van der Waals surface area (Å²) in [5.74, 6) is 0.109. The Bertz CT molecular complexity index is 385. The van der Waals surface area contributed by atoms with Crippen molar-refractivity contribution < 1.29 is 4.79 Å². The smallest absolute Gasteiger partial charge is 0.237 e. The molecule has 1 aromatic rings. The number of carbonyl (C=O) groups is 1. The van der Waals surface area contributed by atoms with Crippen molar-refractivity contribution in [3.05, 3.63) is 34.3 Å². The van der Waals surface area contributed by atoms with E-state index in [1.807, 2.05) is 31.2 Å². The first-order valence-electron chi connectivity index (χ1n) is 5.96. The molecule has 92 valence electrons. The Labute approximate surface area is 110 Å². The number of hydrogen-bond donors (Lipinski definition) is 2. The number of benzene rings is 1. The molecule has 0 radical (unpaired) electrons. The van der Waals surface area contributed by atoms with Gasteiger partial charge < -0.3 is 10.6 Å². The Hall–Kier alpha value is -0.870. The van der Waals surface area contributed by atoms with Gasteiger partial charge in [-0.3, -0.25) is 4.79 Å². The third-order valence-corrected chi connectivity index (χ3v) is 3.63. The van der Waals surface area contributed by atoms with Crippen molar-refractivity contribution in [1.29, 1.82) is 0 Å². The van der Waals surface area contributed by atoms with E-state index in [2.05, 4.69) is 26.6 Å². The van der Waals surface area contributed by atoms with Crippen molar-refractivity contribution in [2.45, 2.75) is 31.8 Å². The van der Waals surface area contributed by atoms with E-state index >= 15 is 0 Å². The summed E-state index contributed by atoms with van der Waals surface area (Å²) in [4.78, 5) is 11.9. The minimum absolute atomic E-state index is 0.00658. The van der Waals surface area contributed by atoms with Crippen LogP contribution in [-0.2, 0) is 4.79 Å². The lowest BCUT2D eigenvalue weighted by Crippen LogP contribution is -2.41. The maximum Gasteiger partial charge on any atom is 0.237 e. The van der Waals surface area contributed by atoms with Gasteiger partial charge in [0.05, 0.1) is 12.1 Å². The molecule has 0 spiro atoms. The van der Waals surface area contributed by atoms with Crippen LogP contribution in [0.3, 0.4) is 0 Å². The molecular formula is C13H17BrN2O. The van der Waals surface area contributed by atoms with E-state index < -0.39 is 0 Å². The van der Waals surface area contributed by atoms with Crippen LogP contribution < -0.4 is 10.6 Å². The van der Waals surface area contributed by atoms with Gasteiger partial charge in [-0.25, -0.2) is 0 Å². The maximum absolute atomic E-state index is 11.9. The second kappa shape index (κ2) is 5.65. The molecule has 0 saturated carbocycles. The largest absolute Gasteiger partial charge is 0.348 e. The number of carbonyl (C=O) groups excluding carboxylic acids is 1. The van der Waals surface area contributed by atoms with Gasteiger partial charge in [-0.05, 0) is 44.0 Å². The van der Waals surface area contributed by atoms with Crippen LogP contribution in [0.5, 0.6) is 0 Å². The van der Waals surface area contributed by atoms with Gasteiger partial charge in [-0.15, -0.1) is 0 Å². The van der Waals surface area contributed by atoms with Gasteiger partial charge in [-0.2, -0.15) is 0 Å². The Morgan fingerprint density at radius 2 is 2.18 bits per heavy atom. The van der Waals surface area contributed by atoms with Crippen LogP contribution in [0.2, 0.25) is 0 Å². The first-order valence-corrected chi connectivity index (χ1v) is 6.75. The molecule has 0 aromatic heterocycles. The number of halogens is 1. The fraction of sp³-hybridized carbons (Fsp3) is 0.462. The first kappa shape index (κ1) is 12.6. The van der Waals surface area contributed by atoms with Gasteiger partial charge in [0.25, 0.3) is 0 Å². The zero-order chi connectivity index (χ0) is 12.3. The molecule has 0 aliphatic carbocycles. The normalized spacial score (nSPS) is 21.2. The first-order chi connectivity index (χ1) is 8.16. The van der Waals surface area contributed by atoms with Gasteiger partial charge >= 0.3 is 0 Å². The van der Waals surface area contributed by atoms with E-state index in [1.165, 1.54) is 0 Å². The lowest BCUT2D eigenvalue weighted by molar-refractivity contribution is -0.123. The van der Waals surface area contributed by atoms with Crippen molar-refractivity contribution >= 4 is 21.8 Å². The SMILES string of the molecule is CC(NC(=O)[C@H]1CCCN1)c1ccc(Br)cc1. The Kier molecular flexibility index (Phi) is 4.18. The molecule has 2 atom stereocenters. The highest BCUT2D eigenvalue weighted by Gasteiger charge is 2.23. The second-order valence-corrected chi connectivity index (χ2v) is 5.35. The zero-order valence-corrected chi connectivity index (χ0v) is 11.5. The molecule has 1 amide bonds. The van der Waals surface area contributed by atoms with E-state index in [9.17, 15) is 4.79 Å². The lowest BCUT2D eigenvalue weighted by Gasteiger charge is -2.17. The Balaban J connectivity index is 1.93. The van der Waals surface area contributed by atoms with E-state index in [-0.39, 0.29) is 18.0 Å². The summed E-state index contributed by atoms with van der Waals surface area (Å²) in [5, 5.41) is 6.24. The minimum atomic E-state index is -0.00658. The van der Waals surface area contributed by atoms with Crippen LogP contribution in [-0.4, -0.2) is 18.5 Å². The van der Waals surface area contributed by atoms with Crippen LogP contribution in [0.25, 0.3) is 0 Å². The average Bonchev–Trinajstić information content (AvgIpc) is 2.83. The zero-order valence-electron chi connectivity index (χ0n) is 9.87. The molecule has 1 saturated heterocycles. The number of hydrogen-bond acceptors (Lipinski definition) is 2. The molecule has 17 heavy (non-hydrogen) atoms. The van der Waals surface area contributed by atoms with E-state index in [0.29, 0.717) is 0 Å². The summed E-state index contributed by atoms with van der Waals surface area (Å²) in [5.41, 5.74) is 1.12. The number of rotatable bonds is 3. The van der Waals surface area contributed by atoms with Crippen molar-refractivity contribution in [2.75, 3.05) is 6.54 Å². The molecule has 4 heteroatoms. The standard InChI is InChI=1S/C13H17BrN2O/c1-9(10-4-6-11(14)7-5-10)16-13(17)12-3-2-8-15-12/h4-7,9,12,15H,2-3,8H2,1H3,(H,16,17)/t9?,12-/m1/s1. The molecule has 3 nitrogen and oxygen atoms in total. The number of amides is 1. The predicted octanol–water partition coefficient (Wildman–Crippen LogP) is 2.38. The topological polar surface area (TPSA) is 41.1 Å². The molecule has 1 unspecified atom stereocenters. The molecule has 1 heterocycles. The van der Waals surface area contributed by atoms with Crippen LogP contribution in [0.15, 0.2) is 28.7 Å². The van der Waals surface area contributed by atoms with Crippen molar-refractivity contribution in [3.8, 4) is 0 Å². The van der Waals surface area contributed by atoms with Crippen LogP contribution >= 0.6 is 15.9 Å². The Morgan fingerprint density at radius 1 is 1.47 bits per heavy atom. The Morgan fingerprint density at radius 3 is 2.76 bits per heavy atom. The monoisotopic (exact) mass is 296 g/mol. The van der Waals surface area contributed by atoms with E-state index in [0.717, 1.165) is 29.4 Å². The summed E-state index contributed by atoms with van der Waals surface area (Å²) >= 11 is 3.40. The van der Waals surface area contributed by atoms with Crippen LogP contribution in [0.4, 0.5) is 0 Å². The summed E-state index contributed by atoms with van der Waals surface area (Å²) in [7, 11) is 0. The fourth-order valence-electron chi connectivity index (χ4n) is 2.06. The van der Waals surface area contributed by atoms with E-state index in [4.69, 9.17) is 0 Å². The third kappa shape index (κ3) is 3.30. The molecule has 2 N–H and O–H groups in total. The highest BCUT2D eigenvalue weighted by Crippen LogP contribution is 2.17. The molecule has 1 aromatic carbocycles. The molecular weight excluding hydrogens is 280 g/mol. The summed E-state index contributed by atoms with van der Waals surface area (Å²) in [6.45, 7) is 2.96. The highest BCUT2D eigenvalue weighted by molar-refractivity contribution is 9.10. The molecule has 1 aliphatic rings. The van der Waals surface area contributed by atoms with E-state index in [1.54, 1.807) is 0 Å². The highest BCUT2D eigenvalue weighted by atomic mass is 79.9. The predicted molar refractivity (Wildman–Crippen MR) is 71.7 cm³/mol. The molecule has 1 fully saturated rings. The summed E-state index contributed by atoms with van der Waals surface area (Å²) in [6.07, 6.45) is 2.03. The second-order valence-electron chi connectivity index (χ2n) is 4.43. The van der Waals surface area contributed by atoms with Crippen LogP contribution in [0.1, 0.15) is 31.4 Å². The van der Waals surface area contributed by atoms with Gasteiger partial charge in [0.1, 0.15) is 0 Å². The fourth-order valence-corrected chi connectivity index (χ4v) is 2.32. The van der Waals surface area contributed by atoms with Gasteiger partial charge in [0.2, 0.25) is 5.91 Å². The summed E-state index contributed by atoms with van der Waals surface area (Å²) < 4.78 is 1.05. The van der Waals surface area contributed by atoms with Gasteiger partial charge in [0, 0.05) is 4.47 Å². The molecule has 1 aliphatic heterocycles.